The van der Waals surface area contributed by atoms with Gasteiger partial charge in [-0.25, -0.2) is 9.98 Å². The predicted octanol–water partition coefficient (Wildman–Crippen LogP) is 3.20. The Morgan fingerprint density at radius 2 is 2.00 bits per heavy atom. The van der Waals surface area contributed by atoms with Crippen molar-refractivity contribution in [1.82, 2.24) is 9.88 Å². The number of aryl methyl sites for hydroxylation is 2. The Hall–Kier alpha value is -2.50. The molecule has 1 heterocycles. The number of rotatable bonds is 9. The first kappa shape index (κ1) is 20.8. The van der Waals surface area contributed by atoms with E-state index in [4.69, 9.17) is 17.3 Å². The summed E-state index contributed by atoms with van der Waals surface area (Å²) in [6.07, 6.45) is 3.56. The van der Waals surface area contributed by atoms with Crippen molar-refractivity contribution in [2.45, 2.75) is 39.7 Å². The summed E-state index contributed by atoms with van der Waals surface area (Å²) >= 11 is 0. The summed E-state index contributed by atoms with van der Waals surface area (Å²) in [7, 11) is 9.77. The van der Waals surface area contributed by atoms with E-state index in [2.05, 4.69) is 29.0 Å². The van der Waals surface area contributed by atoms with E-state index in [1.165, 1.54) is 5.56 Å². The lowest BCUT2D eigenvalue weighted by Gasteiger charge is -2.17. The van der Waals surface area contributed by atoms with E-state index in [-0.39, 0.29) is 6.10 Å². The van der Waals surface area contributed by atoms with Gasteiger partial charge in [0.1, 0.15) is 13.6 Å². The molecule has 0 bridgehead atoms. The second-order valence-corrected chi connectivity index (χ2v) is 6.62. The summed E-state index contributed by atoms with van der Waals surface area (Å²) in [6, 6.07) is 9.90. The third-order valence-corrected chi connectivity index (χ3v) is 4.38. The van der Waals surface area contributed by atoms with Crippen LogP contribution in [0.3, 0.4) is 0 Å². The van der Waals surface area contributed by atoms with Gasteiger partial charge in [0, 0.05) is 13.6 Å². The van der Waals surface area contributed by atoms with Gasteiger partial charge in [0.15, 0.2) is 0 Å². The van der Waals surface area contributed by atoms with E-state index in [9.17, 15) is 0 Å². The quantitative estimate of drug-likeness (QED) is 0.389. The molecular formula is C21H28BN3O2. The van der Waals surface area contributed by atoms with Crippen LogP contribution in [0, 0.1) is 6.92 Å². The van der Waals surface area contributed by atoms with Crippen LogP contribution in [0.5, 0.6) is 11.6 Å². The molecule has 0 spiro atoms. The number of methoxy groups -OCH3 is 1. The number of aliphatic imine (C=N–C) groups is 1. The summed E-state index contributed by atoms with van der Waals surface area (Å²) < 4.78 is 11.2. The topological polar surface area (TPSA) is 47.0 Å². The SMILES string of the molecule is [B]c1cc(N=CN(C)CC)c(C)nc1OC(C)CCc1ccc(OC)cc1. The minimum atomic E-state index is 0.00174. The summed E-state index contributed by atoms with van der Waals surface area (Å²) in [5.74, 6) is 1.33. The molecule has 0 aliphatic heterocycles. The van der Waals surface area contributed by atoms with E-state index >= 15 is 0 Å². The number of benzene rings is 1. The van der Waals surface area contributed by atoms with E-state index in [1.807, 2.05) is 44.0 Å². The normalized spacial score (nSPS) is 12.2. The molecule has 5 nitrogen and oxygen atoms in total. The molecule has 1 aromatic carbocycles. The van der Waals surface area contributed by atoms with Gasteiger partial charge in [0.2, 0.25) is 5.88 Å². The lowest BCUT2D eigenvalue weighted by molar-refractivity contribution is 0.204. The molecular weight excluding hydrogens is 337 g/mol. The monoisotopic (exact) mass is 365 g/mol. The molecule has 142 valence electrons. The van der Waals surface area contributed by atoms with Gasteiger partial charge in [-0.15, -0.1) is 0 Å². The molecule has 0 aliphatic carbocycles. The fraction of sp³-hybridized carbons (Fsp3) is 0.429. The largest absolute Gasteiger partial charge is 0.497 e. The highest BCUT2D eigenvalue weighted by molar-refractivity contribution is 6.34. The number of pyridine rings is 1. The first-order valence-corrected chi connectivity index (χ1v) is 9.24. The van der Waals surface area contributed by atoms with Crippen molar-refractivity contribution in [3.8, 4) is 11.6 Å². The molecule has 0 fully saturated rings. The van der Waals surface area contributed by atoms with Crippen molar-refractivity contribution >= 4 is 25.3 Å². The highest BCUT2D eigenvalue weighted by Crippen LogP contribution is 2.19. The van der Waals surface area contributed by atoms with E-state index < -0.39 is 0 Å². The lowest BCUT2D eigenvalue weighted by Crippen LogP contribution is -2.20. The predicted molar refractivity (Wildman–Crippen MR) is 112 cm³/mol. The summed E-state index contributed by atoms with van der Waals surface area (Å²) in [5.41, 5.74) is 3.30. The van der Waals surface area contributed by atoms with E-state index in [0.29, 0.717) is 11.3 Å². The Morgan fingerprint density at radius 1 is 1.30 bits per heavy atom. The highest BCUT2D eigenvalue weighted by Gasteiger charge is 2.11. The van der Waals surface area contributed by atoms with Crippen LogP contribution >= 0.6 is 0 Å². The maximum absolute atomic E-state index is 6.13. The number of nitrogens with zero attached hydrogens (tertiary/aromatic N) is 3. The molecule has 2 radical (unpaired) electrons. The first-order chi connectivity index (χ1) is 12.9. The third kappa shape index (κ3) is 6.31. The van der Waals surface area contributed by atoms with Gasteiger partial charge in [0.05, 0.1) is 30.9 Å². The summed E-state index contributed by atoms with van der Waals surface area (Å²) in [6.45, 7) is 6.89. The maximum Gasteiger partial charge on any atom is 0.206 e. The molecule has 2 rings (SSSR count). The van der Waals surface area contributed by atoms with Crippen molar-refractivity contribution in [3.05, 3.63) is 41.6 Å². The second-order valence-electron chi connectivity index (χ2n) is 6.62. The zero-order valence-electron chi connectivity index (χ0n) is 16.9. The molecule has 0 saturated carbocycles. The van der Waals surface area contributed by atoms with Gasteiger partial charge in [-0.3, -0.25) is 0 Å². The Balaban J connectivity index is 1.97. The number of aromatic nitrogens is 1. The Kier molecular flexibility index (Phi) is 7.71. The van der Waals surface area contributed by atoms with Crippen molar-refractivity contribution in [3.63, 3.8) is 0 Å². The van der Waals surface area contributed by atoms with Crippen LogP contribution in [0.15, 0.2) is 35.3 Å². The minimum Gasteiger partial charge on any atom is -0.497 e. The van der Waals surface area contributed by atoms with Gasteiger partial charge in [0.25, 0.3) is 0 Å². The van der Waals surface area contributed by atoms with Crippen molar-refractivity contribution in [2.24, 2.45) is 4.99 Å². The molecule has 1 unspecified atom stereocenters. The fourth-order valence-corrected chi connectivity index (χ4v) is 2.47. The van der Waals surface area contributed by atoms with Crippen LogP contribution in [0.4, 0.5) is 5.69 Å². The summed E-state index contributed by atoms with van der Waals surface area (Å²) in [4.78, 5) is 10.9. The smallest absolute Gasteiger partial charge is 0.206 e. The lowest BCUT2D eigenvalue weighted by atomic mass is 9.96. The molecule has 2 aromatic rings. The average molecular weight is 365 g/mol. The zero-order chi connectivity index (χ0) is 19.8. The zero-order valence-corrected chi connectivity index (χ0v) is 16.9. The summed E-state index contributed by atoms with van der Waals surface area (Å²) in [5, 5.41) is 0. The molecule has 27 heavy (non-hydrogen) atoms. The Bertz CT molecular complexity index is 763. The number of ether oxygens (including phenoxy) is 2. The van der Waals surface area contributed by atoms with Gasteiger partial charge in [-0.05, 0) is 62.8 Å². The second kappa shape index (κ2) is 10.00. The van der Waals surface area contributed by atoms with Crippen molar-refractivity contribution < 1.29 is 9.47 Å². The number of hydrogen-bond donors (Lipinski definition) is 0. The van der Waals surface area contributed by atoms with Crippen molar-refractivity contribution in [1.29, 1.82) is 0 Å². The highest BCUT2D eigenvalue weighted by atomic mass is 16.5. The first-order valence-electron chi connectivity index (χ1n) is 9.24. The standard InChI is InChI=1S/C21H28BN3O2/c1-6-25(4)14-23-20-13-19(22)21(24-16(20)3)27-15(2)7-8-17-9-11-18(26-5)12-10-17/h9-15H,6-8H2,1-5H3. The molecule has 6 heteroatoms. The molecule has 0 saturated heterocycles. The molecule has 0 N–H and O–H groups in total. The average Bonchev–Trinajstić information content (AvgIpc) is 2.67. The van der Waals surface area contributed by atoms with Gasteiger partial charge >= 0.3 is 0 Å². The van der Waals surface area contributed by atoms with E-state index in [0.717, 1.165) is 36.5 Å². The van der Waals surface area contributed by atoms with Crippen LogP contribution in [-0.2, 0) is 6.42 Å². The van der Waals surface area contributed by atoms with Crippen LogP contribution in [0.1, 0.15) is 31.5 Å². The molecule has 0 amide bonds. The van der Waals surface area contributed by atoms with Crippen LogP contribution in [0.25, 0.3) is 0 Å². The maximum atomic E-state index is 6.13. The minimum absolute atomic E-state index is 0.00174. The molecule has 1 atom stereocenters. The van der Waals surface area contributed by atoms with Crippen LogP contribution in [0.2, 0.25) is 0 Å². The van der Waals surface area contributed by atoms with E-state index in [1.54, 1.807) is 13.4 Å². The fourth-order valence-electron chi connectivity index (χ4n) is 2.47. The van der Waals surface area contributed by atoms with Crippen LogP contribution in [-0.4, -0.2) is 50.9 Å². The number of hydrogen-bond acceptors (Lipinski definition) is 4. The van der Waals surface area contributed by atoms with Gasteiger partial charge in [-0.2, -0.15) is 0 Å². The van der Waals surface area contributed by atoms with Crippen LogP contribution < -0.4 is 14.9 Å². The van der Waals surface area contributed by atoms with Crippen molar-refractivity contribution in [2.75, 3.05) is 20.7 Å². The molecule has 0 aliphatic rings. The van der Waals surface area contributed by atoms with Gasteiger partial charge in [-0.1, -0.05) is 12.1 Å². The Morgan fingerprint density at radius 3 is 2.63 bits per heavy atom. The van der Waals surface area contributed by atoms with Gasteiger partial charge < -0.3 is 14.4 Å². The molecule has 1 aromatic heterocycles. The Labute approximate surface area is 163 Å². The third-order valence-electron chi connectivity index (χ3n) is 4.38.